The van der Waals surface area contributed by atoms with Crippen LogP contribution in [0.3, 0.4) is 0 Å². The van der Waals surface area contributed by atoms with Crippen LogP contribution in [0.4, 0.5) is 0 Å². The zero-order chi connectivity index (χ0) is 13.2. The Morgan fingerprint density at radius 3 is 3.05 bits per heavy atom. The van der Waals surface area contributed by atoms with Gasteiger partial charge in [-0.05, 0) is 25.2 Å². The van der Waals surface area contributed by atoms with Crippen molar-refractivity contribution >= 4 is 22.6 Å². The molecule has 5 nitrogen and oxygen atoms in total. The number of halogens is 1. The number of nitrogens with one attached hydrogen (secondary N) is 1. The van der Waals surface area contributed by atoms with E-state index >= 15 is 0 Å². The SMILES string of the molecule is O=c1[nH]c2cnc(Cl)cc2n1CCC1CCOCC1. The maximum absolute atomic E-state index is 11.9. The monoisotopic (exact) mass is 281 g/mol. The lowest BCUT2D eigenvalue weighted by Crippen LogP contribution is -2.21. The summed E-state index contributed by atoms with van der Waals surface area (Å²) in [5, 5.41) is 0.409. The summed E-state index contributed by atoms with van der Waals surface area (Å²) in [5.74, 6) is 0.642. The Hall–Kier alpha value is -1.33. The van der Waals surface area contributed by atoms with Gasteiger partial charge >= 0.3 is 5.69 Å². The second-order valence-corrected chi connectivity index (χ2v) is 5.34. The van der Waals surface area contributed by atoms with Crippen LogP contribution < -0.4 is 5.69 Å². The summed E-state index contributed by atoms with van der Waals surface area (Å²) >= 11 is 5.89. The van der Waals surface area contributed by atoms with E-state index in [4.69, 9.17) is 16.3 Å². The van der Waals surface area contributed by atoms with Gasteiger partial charge in [0, 0.05) is 25.8 Å². The molecule has 1 saturated heterocycles. The van der Waals surface area contributed by atoms with Crippen molar-refractivity contribution < 1.29 is 4.74 Å². The number of aromatic nitrogens is 3. The molecular formula is C13H16ClN3O2. The normalized spacial score (nSPS) is 17.1. The second-order valence-electron chi connectivity index (χ2n) is 4.95. The Morgan fingerprint density at radius 2 is 2.26 bits per heavy atom. The molecule has 1 aliphatic rings. The molecule has 102 valence electrons. The molecule has 19 heavy (non-hydrogen) atoms. The molecule has 0 bridgehead atoms. The molecule has 1 fully saturated rings. The lowest BCUT2D eigenvalue weighted by molar-refractivity contribution is 0.0626. The van der Waals surface area contributed by atoms with E-state index in [0.717, 1.165) is 43.5 Å². The third-order valence-electron chi connectivity index (χ3n) is 3.73. The maximum Gasteiger partial charge on any atom is 0.326 e. The Kier molecular flexibility index (Phi) is 3.57. The quantitative estimate of drug-likeness (QED) is 0.878. The van der Waals surface area contributed by atoms with E-state index in [1.807, 2.05) is 0 Å². The highest BCUT2D eigenvalue weighted by Gasteiger charge is 2.15. The van der Waals surface area contributed by atoms with Crippen LogP contribution in [0.5, 0.6) is 0 Å². The van der Waals surface area contributed by atoms with E-state index in [-0.39, 0.29) is 5.69 Å². The minimum absolute atomic E-state index is 0.0915. The van der Waals surface area contributed by atoms with Crippen LogP contribution >= 0.6 is 11.6 Å². The average Bonchev–Trinajstić information content (AvgIpc) is 2.73. The van der Waals surface area contributed by atoms with Gasteiger partial charge in [-0.15, -0.1) is 0 Å². The number of pyridine rings is 1. The number of aryl methyl sites for hydroxylation is 1. The largest absolute Gasteiger partial charge is 0.381 e. The van der Waals surface area contributed by atoms with Crippen LogP contribution in [0.1, 0.15) is 19.3 Å². The van der Waals surface area contributed by atoms with E-state index in [1.54, 1.807) is 16.8 Å². The summed E-state index contributed by atoms with van der Waals surface area (Å²) < 4.78 is 7.09. The van der Waals surface area contributed by atoms with Gasteiger partial charge in [-0.25, -0.2) is 9.78 Å². The Balaban J connectivity index is 1.81. The Morgan fingerprint density at radius 1 is 1.47 bits per heavy atom. The van der Waals surface area contributed by atoms with Gasteiger partial charge in [0.1, 0.15) is 5.15 Å². The summed E-state index contributed by atoms with van der Waals surface area (Å²) in [4.78, 5) is 18.7. The number of ether oxygens (including phenoxy) is 1. The number of imidazole rings is 1. The number of fused-ring (bicyclic) bond motifs is 1. The third-order valence-corrected chi connectivity index (χ3v) is 3.93. The first-order valence-electron chi connectivity index (χ1n) is 6.56. The number of H-pyrrole nitrogens is 1. The summed E-state index contributed by atoms with van der Waals surface area (Å²) in [6, 6.07) is 1.73. The van der Waals surface area contributed by atoms with Gasteiger partial charge in [-0.3, -0.25) is 4.57 Å². The lowest BCUT2D eigenvalue weighted by atomic mass is 9.97. The first-order valence-corrected chi connectivity index (χ1v) is 6.93. The Labute approximate surface area is 115 Å². The molecule has 0 aromatic carbocycles. The number of aromatic amines is 1. The van der Waals surface area contributed by atoms with E-state index in [0.29, 0.717) is 17.6 Å². The molecule has 3 heterocycles. The van der Waals surface area contributed by atoms with Crippen LogP contribution in [-0.2, 0) is 11.3 Å². The van der Waals surface area contributed by atoms with Gasteiger partial charge in [0.25, 0.3) is 0 Å². The molecule has 0 amide bonds. The van der Waals surface area contributed by atoms with Gasteiger partial charge in [0.15, 0.2) is 0 Å². The number of rotatable bonds is 3. The fourth-order valence-electron chi connectivity index (χ4n) is 2.60. The molecular weight excluding hydrogens is 266 g/mol. The smallest absolute Gasteiger partial charge is 0.326 e. The number of nitrogens with zero attached hydrogens (tertiary/aromatic N) is 2. The van der Waals surface area contributed by atoms with Crippen molar-refractivity contribution in [2.24, 2.45) is 5.92 Å². The zero-order valence-electron chi connectivity index (χ0n) is 10.6. The van der Waals surface area contributed by atoms with Crippen molar-refractivity contribution in [2.75, 3.05) is 13.2 Å². The minimum Gasteiger partial charge on any atom is -0.381 e. The summed E-state index contributed by atoms with van der Waals surface area (Å²) in [7, 11) is 0. The average molecular weight is 282 g/mol. The number of hydrogen-bond donors (Lipinski definition) is 1. The standard InChI is InChI=1S/C13H16ClN3O2/c14-12-7-11-10(8-15-12)16-13(18)17(11)4-1-9-2-5-19-6-3-9/h7-9H,1-6H2,(H,16,18). The summed E-state index contributed by atoms with van der Waals surface area (Å²) in [6.45, 7) is 2.39. The summed E-state index contributed by atoms with van der Waals surface area (Å²) in [5.41, 5.74) is 1.48. The second kappa shape index (κ2) is 5.35. The van der Waals surface area contributed by atoms with Crippen molar-refractivity contribution in [3.63, 3.8) is 0 Å². The maximum atomic E-state index is 11.9. The molecule has 1 N–H and O–H groups in total. The van der Waals surface area contributed by atoms with Gasteiger partial charge in [0.05, 0.1) is 17.2 Å². The van der Waals surface area contributed by atoms with Crippen molar-refractivity contribution in [3.05, 3.63) is 27.9 Å². The van der Waals surface area contributed by atoms with Crippen LogP contribution in [-0.4, -0.2) is 27.7 Å². The molecule has 3 rings (SSSR count). The van der Waals surface area contributed by atoms with Crippen molar-refractivity contribution in [3.8, 4) is 0 Å². The predicted molar refractivity (Wildman–Crippen MR) is 73.5 cm³/mol. The highest BCUT2D eigenvalue weighted by molar-refractivity contribution is 6.29. The van der Waals surface area contributed by atoms with E-state index in [1.165, 1.54) is 0 Å². The molecule has 6 heteroatoms. The molecule has 1 aliphatic heterocycles. The molecule has 0 aliphatic carbocycles. The first-order chi connectivity index (χ1) is 9.24. The predicted octanol–water partition coefficient (Wildman–Crippen LogP) is 2.19. The summed E-state index contributed by atoms with van der Waals surface area (Å²) in [6.07, 6.45) is 4.76. The van der Waals surface area contributed by atoms with E-state index in [9.17, 15) is 4.79 Å². The fourth-order valence-corrected chi connectivity index (χ4v) is 2.75. The van der Waals surface area contributed by atoms with Crippen LogP contribution in [0.25, 0.3) is 11.0 Å². The van der Waals surface area contributed by atoms with Crippen LogP contribution in [0.2, 0.25) is 5.15 Å². The van der Waals surface area contributed by atoms with Crippen molar-refractivity contribution in [1.82, 2.24) is 14.5 Å². The van der Waals surface area contributed by atoms with Gasteiger partial charge in [0.2, 0.25) is 0 Å². The van der Waals surface area contributed by atoms with Crippen LogP contribution in [0, 0.1) is 5.92 Å². The number of hydrogen-bond acceptors (Lipinski definition) is 3. The molecule has 0 unspecified atom stereocenters. The molecule has 0 spiro atoms. The van der Waals surface area contributed by atoms with Gasteiger partial charge in [-0.1, -0.05) is 11.6 Å². The van der Waals surface area contributed by atoms with Gasteiger partial charge in [-0.2, -0.15) is 0 Å². The zero-order valence-corrected chi connectivity index (χ0v) is 11.3. The van der Waals surface area contributed by atoms with E-state index < -0.39 is 0 Å². The highest BCUT2D eigenvalue weighted by Crippen LogP contribution is 2.20. The molecule has 2 aromatic heterocycles. The minimum atomic E-state index is -0.0915. The molecule has 2 aromatic rings. The Bertz CT molecular complexity index is 628. The molecule has 0 saturated carbocycles. The van der Waals surface area contributed by atoms with Crippen LogP contribution in [0.15, 0.2) is 17.1 Å². The van der Waals surface area contributed by atoms with Crippen molar-refractivity contribution in [2.45, 2.75) is 25.8 Å². The fraction of sp³-hybridized carbons (Fsp3) is 0.538. The highest BCUT2D eigenvalue weighted by atomic mass is 35.5. The topological polar surface area (TPSA) is 59.9 Å². The van der Waals surface area contributed by atoms with Gasteiger partial charge < -0.3 is 9.72 Å². The molecule has 0 radical (unpaired) electrons. The lowest BCUT2D eigenvalue weighted by Gasteiger charge is -2.21. The van der Waals surface area contributed by atoms with E-state index in [2.05, 4.69) is 9.97 Å². The molecule has 0 atom stereocenters. The first kappa shape index (κ1) is 12.7. The van der Waals surface area contributed by atoms with Crippen molar-refractivity contribution in [1.29, 1.82) is 0 Å². The third kappa shape index (κ3) is 2.67.